The van der Waals surface area contributed by atoms with E-state index in [1.165, 1.54) is 27.8 Å². The van der Waals surface area contributed by atoms with E-state index < -0.39 is 0 Å². The third-order valence-electron chi connectivity index (χ3n) is 5.87. The minimum atomic E-state index is -0.139. The van der Waals surface area contributed by atoms with Crippen LogP contribution in [-0.2, 0) is 12.8 Å². The van der Waals surface area contributed by atoms with Gasteiger partial charge in [-0.2, -0.15) is 0 Å². The van der Waals surface area contributed by atoms with Crippen LogP contribution in [0.5, 0.6) is 0 Å². The number of nitrogens with zero attached hydrogens (tertiary/aromatic N) is 2. The number of benzene rings is 2. The highest BCUT2D eigenvalue weighted by Gasteiger charge is 2.31. The molecule has 5 rings (SSSR count). The molecule has 0 N–H and O–H groups in total. The number of thiazole rings is 1. The summed E-state index contributed by atoms with van der Waals surface area (Å²) in [7, 11) is 0. The SMILES string of the molecule is O=C(c1ccc2c3c(cccc13)CC2)C1CCCN(C(=O)c2cscn2)C1. The van der Waals surface area contributed by atoms with Crippen LogP contribution in [0.1, 0.15) is 44.8 Å². The van der Waals surface area contributed by atoms with Gasteiger partial charge < -0.3 is 4.90 Å². The summed E-state index contributed by atoms with van der Waals surface area (Å²) in [6, 6.07) is 10.4. The second-order valence-corrected chi connectivity index (χ2v) is 8.16. The Kier molecular flexibility index (Phi) is 4.05. The first-order valence-electron chi connectivity index (χ1n) is 9.47. The van der Waals surface area contributed by atoms with E-state index in [2.05, 4.69) is 29.2 Å². The molecular formula is C22H20N2O2S. The fourth-order valence-corrected chi connectivity index (χ4v) is 5.06. The van der Waals surface area contributed by atoms with Crippen LogP contribution in [0.25, 0.3) is 10.8 Å². The van der Waals surface area contributed by atoms with Crippen LogP contribution < -0.4 is 0 Å². The molecule has 1 saturated heterocycles. The normalized spacial score (nSPS) is 18.8. The molecule has 1 fully saturated rings. The van der Waals surface area contributed by atoms with Gasteiger partial charge in [0, 0.05) is 30.0 Å². The number of ketones is 1. The number of hydrogen-bond donors (Lipinski definition) is 0. The average Bonchev–Trinajstić information content (AvgIpc) is 3.39. The molecule has 1 aliphatic carbocycles. The Labute approximate surface area is 161 Å². The van der Waals surface area contributed by atoms with Crippen molar-refractivity contribution in [2.24, 2.45) is 5.92 Å². The Balaban J connectivity index is 1.45. The van der Waals surface area contributed by atoms with Crippen LogP contribution in [0.3, 0.4) is 0 Å². The number of carbonyl (C=O) groups excluding carboxylic acids is 2. The Hall–Kier alpha value is -2.53. The number of piperidine rings is 1. The van der Waals surface area contributed by atoms with Crippen molar-refractivity contribution in [2.75, 3.05) is 13.1 Å². The molecule has 0 bridgehead atoms. The number of aryl methyl sites for hydroxylation is 2. The zero-order valence-electron chi connectivity index (χ0n) is 15.0. The summed E-state index contributed by atoms with van der Waals surface area (Å²) in [6.45, 7) is 1.18. The number of rotatable bonds is 3. The maximum atomic E-state index is 13.4. The molecule has 4 nitrogen and oxygen atoms in total. The summed E-state index contributed by atoms with van der Waals surface area (Å²) in [5.41, 5.74) is 5.66. The fourth-order valence-electron chi connectivity index (χ4n) is 4.54. The number of aromatic nitrogens is 1. The van der Waals surface area contributed by atoms with Crippen molar-refractivity contribution >= 4 is 33.8 Å². The van der Waals surface area contributed by atoms with Crippen molar-refractivity contribution in [1.82, 2.24) is 9.88 Å². The number of likely N-dealkylation sites (tertiary alicyclic amines) is 1. The molecule has 0 saturated carbocycles. The molecular weight excluding hydrogens is 356 g/mol. The van der Waals surface area contributed by atoms with Gasteiger partial charge in [-0.1, -0.05) is 30.3 Å². The van der Waals surface area contributed by atoms with Crippen LogP contribution >= 0.6 is 11.3 Å². The summed E-state index contributed by atoms with van der Waals surface area (Å²) < 4.78 is 0. The lowest BCUT2D eigenvalue weighted by atomic mass is 9.87. The van der Waals surface area contributed by atoms with Crippen LogP contribution in [-0.4, -0.2) is 34.7 Å². The zero-order chi connectivity index (χ0) is 18.4. The van der Waals surface area contributed by atoms with Gasteiger partial charge in [-0.15, -0.1) is 11.3 Å². The Morgan fingerprint density at radius 3 is 2.78 bits per heavy atom. The predicted molar refractivity (Wildman–Crippen MR) is 106 cm³/mol. The van der Waals surface area contributed by atoms with Gasteiger partial charge in [-0.25, -0.2) is 4.98 Å². The molecule has 1 amide bonds. The molecule has 136 valence electrons. The van der Waals surface area contributed by atoms with Gasteiger partial charge in [0.25, 0.3) is 5.91 Å². The van der Waals surface area contributed by atoms with E-state index in [1.54, 1.807) is 15.8 Å². The minimum Gasteiger partial charge on any atom is -0.337 e. The van der Waals surface area contributed by atoms with E-state index >= 15 is 0 Å². The van der Waals surface area contributed by atoms with Gasteiger partial charge in [0.05, 0.1) is 5.51 Å². The van der Waals surface area contributed by atoms with E-state index in [-0.39, 0.29) is 17.6 Å². The van der Waals surface area contributed by atoms with Crippen LogP contribution in [0.2, 0.25) is 0 Å². The first-order valence-corrected chi connectivity index (χ1v) is 10.4. The molecule has 0 spiro atoms. The molecule has 1 aromatic heterocycles. The monoisotopic (exact) mass is 376 g/mol. The van der Waals surface area contributed by atoms with Crippen molar-refractivity contribution in [2.45, 2.75) is 25.7 Å². The standard InChI is InChI=1S/C22H20N2O2S/c25-21(16-4-2-10-24(11-16)22(26)19-12-27-13-23-19)18-9-8-15-7-6-14-3-1-5-17(18)20(14)15/h1,3,5,8-9,12-13,16H,2,4,6-7,10-11H2. The Bertz CT molecular complexity index is 1030. The highest BCUT2D eigenvalue weighted by molar-refractivity contribution is 7.07. The number of amides is 1. The quantitative estimate of drug-likeness (QED) is 0.646. The largest absolute Gasteiger partial charge is 0.337 e. The highest BCUT2D eigenvalue weighted by Crippen LogP contribution is 2.34. The van der Waals surface area contributed by atoms with E-state index in [0.717, 1.165) is 36.6 Å². The molecule has 3 aromatic rings. The summed E-state index contributed by atoms with van der Waals surface area (Å²) in [6.07, 6.45) is 3.81. The Morgan fingerprint density at radius 2 is 1.96 bits per heavy atom. The minimum absolute atomic E-state index is 0.0610. The lowest BCUT2D eigenvalue weighted by Gasteiger charge is -2.31. The smallest absolute Gasteiger partial charge is 0.273 e. The highest BCUT2D eigenvalue weighted by atomic mass is 32.1. The van der Waals surface area contributed by atoms with Crippen molar-refractivity contribution in [3.63, 3.8) is 0 Å². The number of hydrogen-bond acceptors (Lipinski definition) is 4. The van der Waals surface area contributed by atoms with Crippen LogP contribution in [0.15, 0.2) is 41.2 Å². The lowest BCUT2D eigenvalue weighted by Crippen LogP contribution is -2.42. The van der Waals surface area contributed by atoms with Crippen molar-refractivity contribution in [1.29, 1.82) is 0 Å². The molecule has 1 atom stereocenters. The molecule has 27 heavy (non-hydrogen) atoms. The first-order chi connectivity index (χ1) is 13.2. The third kappa shape index (κ3) is 2.77. The summed E-state index contributed by atoms with van der Waals surface area (Å²) in [5.74, 6) is -0.0321. The summed E-state index contributed by atoms with van der Waals surface area (Å²) in [5, 5.41) is 4.13. The van der Waals surface area contributed by atoms with E-state index in [1.807, 2.05) is 6.07 Å². The second kappa shape index (κ2) is 6.57. The maximum Gasteiger partial charge on any atom is 0.273 e. The number of carbonyl (C=O) groups is 2. The van der Waals surface area contributed by atoms with Crippen molar-refractivity contribution in [3.05, 3.63) is 63.6 Å². The van der Waals surface area contributed by atoms with Crippen molar-refractivity contribution in [3.8, 4) is 0 Å². The molecule has 5 heteroatoms. The first kappa shape index (κ1) is 16.6. The van der Waals surface area contributed by atoms with E-state index in [4.69, 9.17) is 0 Å². The molecule has 1 unspecified atom stereocenters. The average molecular weight is 376 g/mol. The van der Waals surface area contributed by atoms with Gasteiger partial charge in [-0.3, -0.25) is 9.59 Å². The zero-order valence-corrected chi connectivity index (χ0v) is 15.8. The fraction of sp³-hybridized carbons (Fsp3) is 0.318. The third-order valence-corrected chi connectivity index (χ3v) is 6.46. The number of Topliss-reactive ketones (excluding diaryl/α,β-unsaturated/α-hetero) is 1. The molecule has 2 heterocycles. The molecule has 2 aromatic carbocycles. The van der Waals surface area contributed by atoms with E-state index in [0.29, 0.717) is 18.8 Å². The maximum absolute atomic E-state index is 13.4. The van der Waals surface area contributed by atoms with Gasteiger partial charge >= 0.3 is 0 Å². The lowest BCUT2D eigenvalue weighted by molar-refractivity contribution is 0.0633. The second-order valence-electron chi connectivity index (χ2n) is 7.44. The van der Waals surface area contributed by atoms with Gasteiger partial charge in [0.15, 0.2) is 5.78 Å². The molecule has 1 aliphatic heterocycles. The predicted octanol–water partition coefficient (Wildman–Crippen LogP) is 4.13. The molecule has 0 radical (unpaired) electrons. The summed E-state index contributed by atoms with van der Waals surface area (Å²) >= 11 is 1.42. The Morgan fingerprint density at radius 1 is 1.11 bits per heavy atom. The van der Waals surface area contributed by atoms with Crippen molar-refractivity contribution < 1.29 is 9.59 Å². The summed E-state index contributed by atoms with van der Waals surface area (Å²) in [4.78, 5) is 31.9. The van der Waals surface area contributed by atoms with Crippen LogP contribution in [0, 0.1) is 5.92 Å². The van der Waals surface area contributed by atoms with Gasteiger partial charge in [0.2, 0.25) is 0 Å². The van der Waals surface area contributed by atoms with Crippen LogP contribution in [0.4, 0.5) is 0 Å². The topological polar surface area (TPSA) is 50.3 Å². The van der Waals surface area contributed by atoms with E-state index in [9.17, 15) is 9.59 Å². The van der Waals surface area contributed by atoms with Gasteiger partial charge in [0.1, 0.15) is 5.69 Å². The molecule has 2 aliphatic rings. The van der Waals surface area contributed by atoms with Gasteiger partial charge in [-0.05, 0) is 47.6 Å².